The number of carbonyl (C=O) groups excluding carboxylic acids is 2. The molecule has 0 aliphatic carbocycles. The van der Waals surface area contributed by atoms with Gasteiger partial charge in [-0.3, -0.25) is 4.79 Å². The zero-order valence-electron chi connectivity index (χ0n) is 7.88. The first kappa shape index (κ1) is 11.9. The highest BCUT2D eigenvalue weighted by Crippen LogP contribution is 1.90. The first-order valence-electron chi connectivity index (χ1n) is 4.31. The van der Waals surface area contributed by atoms with Gasteiger partial charge in [-0.15, -0.1) is 0 Å². The number of hydrogen-bond acceptors (Lipinski definition) is 4. The second kappa shape index (κ2) is 7.58. The van der Waals surface area contributed by atoms with Crippen molar-refractivity contribution in [1.82, 2.24) is 0 Å². The molecule has 0 aromatic heterocycles. The smallest absolute Gasteiger partial charge is 0.344 e. The summed E-state index contributed by atoms with van der Waals surface area (Å²) in [5, 5.41) is 0. The van der Waals surface area contributed by atoms with Crippen molar-refractivity contribution >= 4 is 11.9 Å². The molecule has 0 fully saturated rings. The quantitative estimate of drug-likeness (QED) is 0.461. The lowest BCUT2D eigenvalue weighted by Crippen LogP contribution is -2.16. The molecule has 0 saturated heterocycles. The molecule has 4 heteroatoms. The zero-order valence-corrected chi connectivity index (χ0v) is 7.88. The van der Waals surface area contributed by atoms with Crippen molar-refractivity contribution in [2.45, 2.75) is 26.2 Å². The van der Waals surface area contributed by atoms with Crippen LogP contribution in [-0.4, -0.2) is 25.2 Å². The molecule has 0 spiro atoms. The minimum Gasteiger partial charge on any atom is -0.463 e. The number of esters is 2. The van der Waals surface area contributed by atoms with Crippen LogP contribution in [-0.2, 0) is 19.1 Å². The molecule has 0 aromatic carbocycles. The maximum absolute atomic E-state index is 10.8. The molecule has 0 saturated carbocycles. The van der Waals surface area contributed by atoms with Gasteiger partial charge < -0.3 is 9.47 Å². The van der Waals surface area contributed by atoms with Gasteiger partial charge in [-0.25, -0.2) is 4.79 Å². The van der Waals surface area contributed by atoms with Crippen LogP contribution in [0.2, 0.25) is 0 Å². The monoisotopic (exact) mass is 187 g/mol. The van der Waals surface area contributed by atoms with Crippen molar-refractivity contribution in [3.63, 3.8) is 0 Å². The highest BCUT2D eigenvalue weighted by atomic mass is 16.6. The highest BCUT2D eigenvalue weighted by molar-refractivity contribution is 5.76. The Hall–Kier alpha value is -1.06. The standard InChI is InChI=1S/C9H15O4/c1-3-5-6-12-9(11)7-13-8(10)4-2/h2-7H2,1H3. The molecule has 4 nitrogen and oxygen atoms in total. The second-order valence-corrected chi connectivity index (χ2v) is 2.48. The summed E-state index contributed by atoms with van der Waals surface area (Å²) in [6, 6.07) is 0. The Bertz CT molecular complexity index is 165. The van der Waals surface area contributed by atoms with Gasteiger partial charge in [-0.1, -0.05) is 13.3 Å². The second-order valence-electron chi connectivity index (χ2n) is 2.48. The summed E-state index contributed by atoms with van der Waals surface area (Å²) in [6.07, 6.45) is 1.82. The zero-order chi connectivity index (χ0) is 10.1. The molecule has 1 radical (unpaired) electrons. The van der Waals surface area contributed by atoms with Gasteiger partial charge in [0.2, 0.25) is 0 Å². The van der Waals surface area contributed by atoms with Crippen molar-refractivity contribution < 1.29 is 19.1 Å². The fraction of sp³-hybridized carbons (Fsp3) is 0.667. The largest absolute Gasteiger partial charge is 0.463 e. The Morgan fingerprint density at radius 1 is 1.23 bits per heavy atom. The summed E-state index contributed by atoms with van der Waals surface area (Å²) in [6.45, 7) is 5.39. The Labute approximate surface area is 78.2 Å². The van der Waals surface area contributed by atoms with Gasteiger partial charge in [-0.05, 0) is 13.3 Å². The van der Waals surface area contributed by atoms with Gasteiger partial charge >= 0.3 is 11.9 Å². The van der Waals surface area contributed by atoms with Crippen molar-refractivity contribution in [3.05, 3.63) is 6.92 Å². The molecule has 0 bridgehead atoms. The Balaban J connectivity index is 3.35. The van der Waals surface area contributed by atoms with Crippen LogP contribution in [0.3, 0.4) is 0 Å². The molecular formula is C9H15O4. The molecule has 0 atom stereocenters. The lowest BCUT2D eigenvalue weighted by molar-refractivity contribution is -0.158. The lowest BCUT2D eigenvalue weighted by Gasteiger charge is -2.03. The average Bonchev–Trinajstić information content (AvgIpc) is 2.14. The van der Waals surface area contributed by atoms with E-state index in [2.05, 4.69) is 11.7 Å². The maximum atomic E-state index is 10.8. The molecule has 0 aliphatic rings. The number of hydrogen-bond donors (Lipinski definition) is 0. The first-order chi connectivity index (χ1) is 6.20. The molecule has 0 amide bonds. The normalized spacial score (nSPS) is 9.38. The van der Waals surface area contributed by atoms with Crippen molar-refractivity contribution in [3.8, 4) is 0 Å². The third kappa shape index (κ3) is 7.31. The van der Waals surface area contributed by atoms with Crippen molar-refractivity contribution in [2.24, 2.45) is 0 Å². The predicted molar refractivity (Wildman–Crippen MR) is 46.8 cm³/mol. The third-order valence-electron chi connectivity index (χ3n) is 1.32. The fourth-order valence-electron chi connectivity index (χ4n) is 0.584. The highest BCUT2D eigenvalue weighted by Gasteiger charge is 2.05. The predicted octanol–water partition coefficient (Wildman–Crippen LogP) is 1.10. The SMILES string of the molecule is [CH2]CC(=O)OCC(=O)OCCCC. The Kier molecular flexibility index (Phi) is 6.96. The molecule has 0 N–H and O–H groups in total. The number of unbranched alkanes of at least 4 members (excludes halogenated alkanes) is 1. The Morgan fingerprint density at radius 2 is 1.92 bits per heavy atom. The van der Waals surface area contributed by atoms with E-state index < -0.39 is 11.9 Å². The van der Waals surface area contributed by atoms with Crippen LogP contribution in [0.4, 0.5) is 0 Å². The molecule has 0 rings (SSSR count). The summed E-state index contributed by atoms with van der Waals surface area (Å²) in [7, 11) is 0. The van der Waals surface area contributed by atoms with Crippen molar-refractivity contribution in [1.29, 1.82) is 0 Å². The Morgan fingerprint density at radius 3 is 2.46 bits per heavy atom. The van der Waals surface area contributed by atoms with E-state index in [1.165, 1.54) is 0 Å². The summed E-state index contributed by atoms with van der Waals surface area (Å²) in [5.41, 5.74) is 0. The minimum absolute atomic E-state index is 0.0300. The van der Waals surface area contributed by atoms with E-state index >= 15 is 0 Å². The number of carbonyl (C=O) groups is 2. The third-order valence-corrected chi connectivity index (χ3v) is 1.32. The van der Waals surface area contributed by atoms with Crippen LogP contribution in [0.5, 0.6) is 0 Å². The first-order valence-corrected chi connectivity index (χ1v) is 4.31. The molecule has 75 valence electrons. The van der Waals surface area contributed by atoms with Crippen molar-refractivity contribution in [2.75, 3.05) is 13.2 Å². The van der Waals surface area contributed by atoms with E-state index in [4.69, 9.17) is 4.74 Å². The summed E-state index contributed by atoms with van der Waals surface area (Å²) in [5.74, 6) is -0.998. The van der Waals surface area contributed by atoms with E-state index in [1.54, 1.807) is 0 Å². The molecule has 0 unspecified atom stereocenters. The van der Waals surface area contributed by atoms with Gasteiger partial charge in [0.05, 0.1) is 6.61 Å². The van der Waals surface area contributed by atoms with Gasteiger partial charge in [0.15, 0.2) is 6.61 Å². The number of rotatable bonds is 6. The molecule has 0 aromatic rings. The minimum atomic E-state index is -0.504. The van der Waals surface area contributed by atoms with Gasteiger partial charge in [0.1, 0.15) is 0 Å². The molecule has 13 heavy (non-hydrogen) atoms. The van der Waals surface area contributed by atoms with Crippen LogP contribution in [0.25, 0.3) is 0 Å². The van der Waals surface area contributed by atoms with E-state index in [-0.39, 0.29) is 13.0 Å². The van der Waals surface area contributed by atoms with Gasteiger partial charge in [-0.2, -0.15) is 0 Å². The van der Waals surface area contributed by atoms with E-state index in [1.807, 2.05) is 6.92 Å². The van der Waals surface area contributed by atoms with Gasteiger partial charge in [0, 0.05) is 6.42 Å². The average molecular weight is 187 g/mol. The lowest BCUT2D eigenvalue weighted by atomic mass is 10.4. The summed E-state index contributed by atoms with van der Waals surface area (Å²) < 4.78 is 9.25. The molecule has 0 heterocycles. The summed E-state index contributed by atoms with van der Waals surface area (Å²) >= 11 is 0. The van der Waals surface area contributed by atoms with Crippen LogP contribution < -0.4 is 0 Å². The van der Waals surface area contributed by atoms with Crippen LogP contribution in [0.15, 0.2) is 0 Å². The molecule has 0 aliphatic heterocycles. The molecular weight excluding hydrogens is 172 g/mol. The van der Waals surface area contributed by atoms with E-state index in [9.17, 15) is 9.59 Å². The van der Waals surface area contributed by atoms with E-state index in [0.717, 1.165) is 12.8 Å². The van der Waals surface area contributed by atoms with Crippen LogP contribution in [0.1, 0.15) is 26.2 Å². The maximum Gasteiger partial charge on any atom is 0.344 e. The van der Waals surface area contributed by atoms with Gasteiger partial charge in [0.25, 0.3) is 0 Å². The van der Waals surface area contributed by atoms with E-state index in [0.29, 0.717) is 6.61 Å². The number of ether oxygens (including phenoxy) is 2. The van der Waals surface area contributed by atoms with Crippen LogP contribution >= 0.6 is 0 Å². The topological polar surface area (TPSA) is 52.6 Å². The fourth-order valence-corrected chi connectivity index (χ4v) is 0.584. The summed E-state index contributed by atoms with van der Waals surface area (Å²) in [4.78, 5) is 21.4. The van der Waals surface area contributed by atoms with Crippen LogP contribution in [0, 0.1) is 6.92 Å².